The molecule has 3 nitrogen and oxygen atoms in total. The van der Waals surface area contributed by atoms with E-state index < -0.39 is 0 Å². The highest BCUT2D eigenvalue weighted by molar-refractivity contribution is 5.32. The Morgan fingerprint density at radius 1 is 0.455 bits per heavy atom. The molecule has 0 bridgehead atoms. The fraction of sp³-hybridized carbons (Fsp3) is 0.600. The molecule has 0 aliphatic heterocycles. The van der Waals surface area contributed by atoms with Crippen molar-refractivity contribution < 1.29 is 10.2 Å². The standard InChI is InChI=1S/2C15H24O.H3N/c2*1-2-3-4-5-6-7-8-11-14-12-9-10-13-15(14)16;/h2*9-10,12-13,16H,2-8,11H2,1H3;1H3. The van der Waals surface area contributed by atoms with Crippen molar-refractivity contribution in [2.24, 2.45) is 0 Å². The molecule has 0 unspecified atom stereocenters. The summed E-state index contributed by atoms with van der Waals surface area (Å²) in [7, 11) is 0. The van der Waals surface area contributed by atoms with Gasteiger partial charge in [0.25, 0.3) is 0 Å². The number of hydrogen-bond acceptors (Lipinski definition) is 3. The van der Waals surface area contributed by atoms with Gasteiger partial charge in [0.1, 0.15) is 11.5 Å². The van der Waals surface area contributed by atoms with E-state index >= 15 is 0 Å². The highest BCUT2D eigenvalue weighted by Crippen LogP contribution is 2.20. The molecule has 0 saturated heterocycles. The van der Waals surface area contributed by atoms with E-state index in [1.807, 2.05) is 36.4 Å². The second kappa shape index (κ2) is 21.8. The highest BCUT2D eigenvalue weighted by atomic mass is 16.3. The Labute approximate surface area is 204 Å². The van der Waals surface area contributed by atoms with Crippen LogP contribution in [-0.2, 0) is 12.8 Å². The third kappa shape index (κ3) is 16.3. The number of rotatable bonds is 16. The first kappa shape index (κ1) is 31.0. The lowest BCUT2D eigenvalue weighted by atomic mass is 10.0. The van der Waals surface area contributed by atoms with Gasteiger partial charge in [-0.05, 0) is 48.9 Å². The number of aromatic hydroxyl groups is 2. The summed E-state index contributed by atoms with van der Waals surface area (Å²) >= 11 is 0. The topological polar surface area (TPSA) is 75.5 Å². The third-order valence-electron chi connectivity index (χ3n) is 6.08. The minimum absolute atomic E-state index is 0. The number of phenols is 2. The number of para-hydroxylation sites is 2. The maximum Gasteiger partial charge on any atom is 0.118 e. The Hall–Kier alpha value is -2.00. The smallest absolute Gasteiger partial charge is 0.118 e. The monoisotopic (exact) mass is 457 g/mol. The summed E-state index contributed by atoms with van der Waals surface area (Å²) in [6.45, 7) is 4.50. The predicted octanol–water partition coefficient (Wildman–Crippen LogP) is 9.53. The summed E-state index contributed by atoms with van der Waals surface area (Å²) in [6.07, 6.45) is 20.6. The van der Waals surface area contributed by atoms with E-state index in [9.17, 15) is 10.2 Å². The lowest BCUT2D eigenvalue weighted by Crippen LogP contribution is -1.87. The van der Waals surface area contributed by atoms with E-state index in [-0.39, 0.29) is 6.15 Å². The molecule has 2 rings (SSSR count). The first-order valence-corrected chi connectivity index (χ1v) is 13.2. The van der Waals surface area contributed by atoms with E-state index in [4.69, 9.17) is 0 Å². The van der Waals surface area contributed by atoms with Crippen LogP contribution in [0.3, 0.4) is 0 Å². The van der Waals surface area contributed by atoms with Crippen molar-refractivity contribution in [1.82, 2.24) is 6.15 Å². The van der Waals surface area contributed by atoms with Crippen molar-refractivity contribution in [2.75, 3.05) is 0 Å². The number of unbranched alkanes of at least 4 members (excludes halogenated alkanes) is 12. The molecule has 0 aromatic heterocycles. The van der Waals surface area contributed by atoms with Crippen LogP contribution in [0.5, 0.6) is 11.5 Å². The normalized spacial score (nSPS) is 10.2. The van der Waals surface area contributed by atoms with E-state index in [0.717, 1.165) is 24.0 Å². The molecule has 0 spiro atoms. The molecule has 0 aliphatic carbocycles. The average molecular weight is 458 g/mol. The number of benzene rings is 2. The largest absolute Gasteiger partial charge is 0.508 e. The summed E-state index contributed by atoms with van der Waals surface area (Å²) in [6, 6.07) is 15.3. The number of hydrogen-bond donors (Lipinski definition) is 3. The molecule has 0 atom stereocenters. The van der Waals surface area contributed by atoms with E-state index in [1.54, 1.807) is 12.1 Å². The summed E-state index contributed by atoms with van der Waals surface area (Å²) in [5.74, 6) is 0.905. The average Bonchev–Trinajstić information content (AvgIpc) is 2.80. The number of aryl methyl sites for hydroxylation is 2. The van der Waals surface area contributed by atoms with Crippen LogP contribution in [0, 0.1) is 0 Å². The zero-order valence-corrected chi connectivity index (χ0v) is 21.5. The van der Waals surface area contributed by atoms with Crippen LogP contribution in [-0.4, -0.2) is 10.2 Å². The fourth-order valence-corrected chi connectivity index (χ4v) is 3.99. The molecule has 0 radical (unpaired) electrons. The van der Waals surface area contributed by atoms with Gasteiger partial charge in [-0.3, -0.25) is 0 Å². The van der Waals surface area contributed by atoms with Gasteiger partial charge in [-0.15, -0.1) is 0 Å². The Kier molecular flexibility index (Phi) is 20.5. The van der Waals surface area contributed by atoms with Gasteiger partial charge in [0.2, 0.25) is 0 Å². The number of phenolic OH excluding ortho intramolecular Hbond substituents is 2. The van der Waals surface area contributed by atoms with E-state index in [1.165, 1.54) is 89.9 Å². The predicted molar refractivity (Wildman–Crippen MR) is 145 cm³/mol. The molecule has 0 saturated carbocycles. The van der Waals surface area contributed by atoms with Crippen LogP contribution in [0.15, 0.2) is 48.5 Å². The third-order valence-corrected chi connectivity index (χ3v) is 6.08. The summed E-state index contributed by atoms with van der Waals surface area (Å²) in [5.41, 5.74) is 2.19. The Morgan fingerprint density at radius 2 is 0.758 bits per heavy atom. The Bertz CT molecular complexity index is 627. The van der Waals surface area contributed by atoms with Crippen molar-refractivity contribution in [3.63, 3.8) is 0 Å². The molecule has 33 heavy (non-hydrogen) atoms. The van der Waals surface area contributed by atoms with Crippen molar-refractivity contribution in [3.05, 3.63) is 59.7 Å². The van der Waals surface area contributed by atoms with Gasteiger partial charge < -0.3 is 16.4 Å². The molecule has 2 aromatic carbocycles. The Morgan fingerprint density at radius 3 is 1.09 bits per heavy atom. The molecule has 0 aliphatic rings. The maximum atomic E-state index is 9.58. The molecular weight excluding hydrogens is 406 g/mol. The van der Waals surface area contributed by atoms with Crippen molar-refractivity contribution in [1.29, 1.82) is 0 Å². The molecule has 0 amide bonds. The quantitative estimate of drug-likeness (QED) is 0.220. The van der Waals surface area contributed by atoms with Crippen LogP contribution >= 0.6 is 0 Å². The zero-order chi connectivity index (χ0) is 23.3. The minimum Gasteiger partial charge on any atom is -0.508 e. The van der Waals surface area contributed by atoms with E-state index in [2.05, 4.69) is 13.8 Å². The molecular formula is C30H51NO2. The van der Waals surface area contributed by atoms with Crippen LogP contribution in [0.1, 0.15) is 115 Å². The van der Waals surface area contributed by atoms with Crippen LogP contribution in [0.2, 0.25) is 0 Å². The van der Waals surface area contributed by atoms with Gasteiger partial charge in [-0.2, -0.15) is 0 Å². The van der Waals surface area contributed by atoms with E-state index in [0.29, 0.717) is 11.5 Å². The van der Waals surface area contributed by atoms with Gasteiger partial charge in [0.05, 0.1) is 0 Å². The molecule has 2 aromatic rings. The van der Waals surface area contributed by atoms with Gasteiger partial charge in [0.15, 0.2) is 0 Å². The zero-order valence-electron chi connectivity index (χ0n) is 21.5. The first-order chi connectivity index (χ1) is 15.7. The van der Waals surface area contributed by atoms with Crippen LogP contribution in [0.4, 0.5) is 0 Å². The maximum absolute atomic E-state index is 9.58. The molecule has 3 heteroatoms. The first-order valence-electron chi connectivity index (χ1n) is 13.2. The highest BCUT2D eigenvalue weighted by Gasteiger charge is 2.00. The SMILES string of the molecule is CCCCCCCCCc1ccccc1O.CCCCCCCCCc1ccccc1O.N. The van der Waals surface area contributed by atoms with Crippen LogP contribution in [0.25, 0.3) is 0 Å². The molecule has 5 N–H and O–H groups in total. The lowest BCUT2D eigenvalue weighted by Gasteiger charge is -2.04. The second-order valence-corrected chi connectivity index (χ2v) is 9.00. The molecule has 0 fully saturated rings. The molecule has 188 valence electrons. The second-order valence-electron chi connectivity index (χ2n) is 9.00. The van der Waals surface area contributed by atoms with Crippen molar-refractivity contribution in [2.45, 2.75) is 117 Å². The Balaban J connectivity index is 0.000000602. The van der Waals surface area contributed by atoms with Crippen molar-refractivity contribution in [3.8, 4) is 11.5 Å². The lowest BCUT2D eigenvalue weighted by molar-refractivity contribution is 0.465. The summed E-state index contributed by atoms with van der Waals surface area (Å²) in [4.78, 5) is 0. The van der Waals surface area contributed by atoms with Crippen LogP contribution < -0.4 is 6.15 Å². The minimum atomic E-state index is 0. The van der Waals surface area contributed by atoms with Gasteiger partial charge in [-0.25, -0.2) is 0 Å². The molecule has 0 heterocycles. The van der Waals surface area contributed by atoms with Gasteiger partial charge in [-0.1, -0.05) is 127 Å². The van der Waals surface area contributed by atoms with Gasteiger partial charge >= 0.3 is 0 Å². The fourth-order valence-electron chi connectivity index (χ4n) is 3.99. The van der Waals surface area contributed by atoms with Gasteiger partial charge in [0, 0.05) is 0 Å². The van der Waals surface area contributed by atoms with Crippen molar-refractivity contribution >= 4 is 0 Å². The summed E-state index contributed by atoms with van der Waals surface area (Å²) < 4.78 is 0. The summed E-state index contributed by atoms with van der Waals surface area (Å²) in [5, 5.41) is 19.2.